The van der Waals surface area contributed by atoms with Gasteiger partial charge < -0.3 is 10.9 Å². The molecule has 0 spiro atoms. The third-order valence-corrected chi connectivity index (χ3v) is 3.26. The molecule has 0 aliphatic heterocycles. The summed E-state index contributed by atoms with van der Waals surface area (Å²) in [5.41, 5.74) is 4.83. The van der Waals surface area contributed by atoms with Gasteiger partial charge in [-0.1, -0.05) is 18.5 Å². The highest BCUT2D eigenvalue weighted by molar-refractivity contribution is 7.87. The first-order valence-electron chi connectivity index (χ1n) is 5.40. The van der Waals surface area contributed by atoms with Gasteiger partial charge in [0.2, 0.25) is 0 Å². The van der Waals surface area contributed by atoms with Crippen molar-refractivity contribution in [3.05, 3.63) is 0 Å². The predicted octanol–water partition coefficient (Wildman–Crippen LogP) is 0.124. The van der Waals surface area contributed by atoms with Crippen molar-refractivity contribution < 1.29 is 13.6 Å². The minimum absolute atomic E-state index is 0.147. The molecule has 17 heavy (non-hydrogen) atoms. The molecule has 0 aliphatic carbocycles. The number of nitrogens with one attached hydrogen (secondary N) is 2. The maximum absolute atomic E-state index is 11.7. The SMILES string of the molecule is CCCC(NS(=O)(=O)NC(C)(C)C)C(N)=NO. The van der Waals surface area contributed by atoms with E-state index in [0.29, 0.717) is 12.8 Å². The fourth-order valence-corrected chi connectivity index (χ4v) is 2.72. The Morgan fingerprint density at radius 3 is 2.35 bits per heavy atom. The molecule has 7 nitrogen and oxygen atoms in total. The van der Waals surface area contributed by atoms with Crippen LogP contribution in [0.1, 0.15) is 40.5 Å². The van der Waals surface area contributed by atoms with Gasteiger partial charge in [-0.3, -0.25) is 0 Å². The molecule has 0 aliphatic rings. The van der Waals surface area contributed by atoms with Gasteiger partial charge in [0.15, 0.2) is 5.84 Å². The molecule has 102 valence electrons. The summed E-state index contributed by atoms with van der Waals surface area (Å²) in [6.45, 7) is 7.06. The molecule has 1 unspecified atom stereocenters. The van der Waals surface area contributed by atoms with Crippen LogP contribution in [0.2, 0.25) is 0 Å². The Labute approximate surface area is 103 Å². The summed E-state index contributed by atoms with van der Waals surface area (Å²) in [6, 6.07) is -0.704. The molecule has 0 saturated heterocycles. The summed E-state index contributed by atoms with van der Waals surface area (Å²) in [5.74, 6) is -0.147. The van der Waals surface area contributed by atoms with E-state index in [1.807, 2.05) is 6.92 Å². The van der Waals surface area contributed by atoms with Gasteiger partial charge in [-0.05, 0) is 27.2 Å². The van der Waals surface area contributed by atoms with Gasteiger partial charge in [0.25, 0.3) is 10.2 Å². The van der Waals surface area contributed by atoms with E-state index in [9.17, 15) is 8.42 Å². The molecule has 0 aromatic heterocycles. The second kappa shape index (κ2) is 6.18. The number of hydrogen-bond donors (Lipinski definition) is 4. The number of nitrogens with two attached hydrogens (primary N) is 1. The van der Waals surface area contributed by atoms with Crippen molar-refractivity contribution in [2.24, 2.45) is 10.9 Å². The van der Waals surface area contributed by atoms with Crippen molar-refractivity contribution in [3.63, 3.8) is 0 Å². The molecule has 5 N–H and O–H groups in total. The molecule has 8 heteroatoms. The second-order valence-electron chi connectivity index (χ2n) is 4.84. The molecular weight excluding hydrogens is 244 g/mol. The van der Waals surface area contributed by atoms with Gasteiger partial charge in [-0.25, -0.2) is 0 Å². The largest absolute Gasteiger partial charge is 0.409 e. The normalized spacial score (nSPS) is 15.9. The second-order valence-corrected chi connectivity index (χ2v) is 6.29. The summed E-state index contributed by atoms with van der Waals surface area (Å²) in [6.07, 6.45) is 1.17. The van der Waals surface area contributed by atoms with Crippen molar-refractivity contribution >= 4 is 16.0 Å². The Morgan fingerprint density at radius 2 is 2.00 bits per heavy atom. The smallest absolute Gasteiger partial charge is 0.278 e. The van der Waals surface area contributed by atoms with E-state index in [1.165, 1.54) is 0 Å². The van der Waals surface area contributed by atoms with E-state index in [1.54, 1.807) is 20.8 Å². The Hall–Kier alpha value is -0.860. The third kappa shape index (κ3) is 7.14. The van der Waals surface area contributed by atoms with E-state index in [4.69, 9.17) is 10.9 Å². The quantitative estimate of drug-likeness (QED) is 0.236. The van der Waals surface area contributed by atoms with Crippen molar-refractivity contribution in [1.82, 2.24) is 9.44 Å². The Balaban J connectivity index is 4.76. The molecule has 0 heterocycles. The average molecular weight is 266 g/mol. The van der Waals surface area contributed by atoms with Crippen molar-refractivity contribution in [2.45, 2.75) is 52.1 Å². The summed E-state index contributed by atoms with van der Waals surface area (Å²) in [7, 11) is -3.69. The highest BCUT2D eigenvalue weighted by atomic mass is 32.2. The van der Waals surface area contributed by atoms with Gasteiger partial charge in [0.05, 0.1) is 6.04 Å². The lowest BCUT2D eigenvalue weighted by Crippen LogP contribution is -2.53. The molecule has 0 rings (SSSR count). The first kappa shape index (κ1) is 16.1. The zero-order valence-electron chi connectivity index (χ0n) is 10.7. The zero-order chi connectivity index (χ0) is 13.7. The maximum Gasteiger partial charge on any atom is 0.278 e. The molecule has 0 amide bonds. The lowest BCUT2D eigenvalue weighted by molar-refractivity contribution is 0.315. The summed E-state index contributed by atoms with van der Waals surface area (Å²) in [4.78, 5) is 0. The maximum atomic E-state index is 11.7. The predicted molar refractivity (Wildman–Crippen MR) is 67.0 cm³/mol. The lowest BCUT2D eigenvalue weighted by atomic mass is 10.1. The lowest BCUT2D eigenvalue weighted by Gasteiger charge is -2.23. The monoisotopic (exact) mass is 266 g/mol. The molecule has 1 atom stereocenters. The average Bonchev–Trinajstić information content (AvgIpc) is 2.11. The molecule has 0 aromatic carbocycles. The van der Waals surface area contributed by atoms with Gasteiger partial charge in [0, 0.05) is 5.54 Å². The number of rotatable bonds is 6. The van der Waals surface area contributed by atoms with E-state index in [2.05, 4.69) is 14.6 Å². The van der Waals surface area contributed by atoms with Crippen LogP contribution in [-0.4, -0.2) is 31.0 Å². The van der Waals surface area contributed by atoms with Crippen LogP contribution >= 0.6 is 0 Å². The zero-order valence-corrected chi connectivity index (χ0v) is 11.5. The van der Waals surface area contributed by atoms with Crippen molar-refractivity contribution in [1.29, 1.82) is 0 Å². The fraction of sp³-hybridized carbons (Fsp3) is 0.889. The van der Waals surface area contributed by atoms with Crippen LogP contribution in [0, 0.1) is 0 Å². The van der Waals surface area contributed by atoms with Gasteiger partial charge >= 0.3 is 0 Å². The van der Waals surface area contributed by atoms with Crippen LogP contribution in [0.15, 0.2) is 5.16 Å². The van der Waals surface area contributed by atoms with Gasteiger partial charge in [-0.15, -0.1) is 0 Å². The Kier molecular flexibility index (Phi) is 5.86. The van der Waals surface area contributed by atoms with Crippen molar-refractivity contribution in [3.8, 4) is 0 Å². The summed E-state index contributed by atoms with van der Waals surface area (Å²) in [5, 5.41) is 11.4. The topological polar surface area (TPSA) is 117 Å². The minimum Gasteiger partial charge on any atom is -0.409 e. The van der Waals surface area contributed by atoms with Crippen LogP contribution in [0.25, 0.3) is 0 Å². The molecule has 0 aromatic rings. The van der Waals surface area contributed by atoms with Crippen LogP contribution in [0.3, 0.4) is 0 Å². The van der Waals surface area contributed by atoms with Gasteiger partial charge in [-0.2, -0.15) is 17.9 Å². The fourth-order valence-electron chi connectivity index (χ4n) is 1.25. The highest BCUT2D eigenvalue weighted by Gasteiger charge is 2.24. The van der Waals surface area contributed by atoms with E-state index in [-0.39, 0.29) is 5.84 Å². The van der Waals surface area contributed by atoms with Crippen LogP contribution in [-0.2, 0) is 10.2 Å². The molecule has 0 saturated carbocycles. The van der Waals surface area contributed by atoms with Crippen molar-refractivity contribution in [2.75, 3.05) is 0 Å². The Morgan fingerprint density at radius 1 is 1.47 bits per heavy atom. The summed E-state index contributed by atoms with van der Waals surface area (Å²) >= 11 is 0. The van der Waals surface area contributed by atoms with E-state index in [0.717, 1.165) is 0 Å². The molecule has 0 bridgehead atoms. The molecular formula is C9H22N4O3S. The Bertz CT molecular complexity index is 359. The standard InChI is InChI=1S/C9H22N4O3S/c1-5-6-7(8(10)11-14)12-17(15,16)13-9(2,3)4/h7,12-14H,5-6H2,1-4H3,(H2,10,11). The van der Waals surface area contributed by atoms with Crippen LogP contribution < -0.4 is 15.2 Å². The van der Waals surface area contributed by atoms with Crippen LogP contribution in [0.5, 0.6) is 0 Å². The first-order chi connectivity index (χ1) is 7.61. The molecule has 0 fully saturated rings. The highest BCUT2D eigenvalue weighted by Crippen LogP contribution is 2.03. The molecule has 0 radical (unpaired) electrons. The number of nitrogens with zero attached hydrogens (tertiary/aromatic N) is 1. The van der Waals surface area contributed by atoms with Crippen LogP contribution in [0.4, 0.5) is 0 Å². The number of hydrogen-bond acceptors (Lipinski definition) is 4. The first-order valence-corrected chi connectivity index (χ1v) is 6.88. The number of oxime groups is 1. The van der Waals surface area contributed by atoms with Gasteiger partial charge in [0.1, 0.15) is 0 Å². The van der Waals surface area contributed by atoms with E-state index >= 15 is 0 Å². The third-order valence-electron chi connectivity index (χ3n) is 1.79. The number of amidine groups is 1. The van der Waals surface area contributed by atoms with E-state index < -0.39 is 21.8 Å². The summed E-state index contributed by atoms with van der Waals surface area (Å²) < 4.78 is 28.3. The minimum atomic E-state index is -3.69.